The smallest absolute Gasteiger partial charge is 0.335 e. The summed E-state index contributed by atoms with van der Waals surface area (Å²) in [7, 11) is 0. The maximum atomic E-state index is 11.0. The highest BCUT2D eigenvalue weighted by Crippen LogP contribution is 2.41. The first-order valence-electron chi connectivity index (χ1n) is 4.98. The lowest BCUT2D eigenvalue weighted by Crippen LogP contribution is -2.34. The lowest BCUT2D eigenvalue weighted by Gasteiger charge is -2.19. The molecule has 1 aromatic rings. The van der Waals surface area contributed by atoms with Crippen LogP contribution in [-0.4, -0.2) is 16.7 Å². The number of hydrogen-bond donors (Lipinski definition) is 1. The molecule has 2 unspecified atom stereocenters. The number of carbonyl (C=O) groups is 1. The fourth-order valence-corrected chi connectivity index (χ4v) is 2.70. The Morgan fingerprint density at radius 1 is 1.73 bits per heavy atom. The molecule has 0 aromatic carbocycles. The third-order valence-corrected chi connectivity index (χ3v) is 3.85. The van der Waals surface area contributed by atoms with Crippen LogP contribution in [0.2, 0.25) is 0 Å². The number of hydrogen-bond acceptors (Lipinski definition) is 3. The molecular weight excluding hydrogens is 212 g/mol. The van der Waals surface area contributed by atoms with Crippen molar-refractivity contribution in [2.24, 2.45) is 0 Å². The highest BCUT2D eigenvalue weighted by molar-refractivity contribution is 7.10. The Morgan fingerprint density at radius 2 is 2.47 bits per heavy atom. The lowest BCUT2D eigenvalue weighted by atomic mass is 10.0. The van der Waals surface area contributed by atoms with Crippen LogP contribution < -0.4 is 0 Å². The van der Waals surface area contributed by atoms with Gasteiger partial charge in [-0.25, -0.2) is 4.79 Å². The molecule has 82 valence electrons. The molecule has 1 aliphatic heterocycles. The van der Waals surface area contributed by atoms with Crippen LogP contribution in [0, 0.1) is 6.92 Å². The van der Waals surface area contributed by atoms with Gasteiger partial charge in [0, 0.05) is 4.88 Å². The molecular formula is C11H14O3S. The number of thiophene rings is 1. The summed E-state index contributed by atoms with van der Waals surface area (Å²) in [5.74, 6) is -0.863. The van der Waals surface area contributed by atoms with Crippen molar-refractivity contribution in [2.75, 3.05) is 0 Å². The van der Waals surface area contributed by atoms with Gasteiger partial charge in [0.1, 0.15) is 0 Å². The highest BCUT2D eigenvalue weighted by Gasteiger charge is 2.43. The minimum absolute atomic E-state index is 0.0441. The average molecular weight is 226 g/mol. The fourth-order valence-electron chi connectivity index (χ4n) is 1.94. The molecule has 0 bridgehead atoms. The number of aryl methyl sites for hydroxylation is 1. The third-order valence-electron chi connectivity index (χ3n) is 2.98. The zero-order valence-corrected chi connectivity index (χ0v) is 9.63. The van der Waals surface area contributed by atoms with Gasteiger partial charge in [-0.1, -0.05) is 0 Å². The van der Waals surface area contributed by atoms with Gasteiger partial charge >= 0.3 is 5.97 Å². The molecule has 2 heterocycles. The highest BCUT2D eigenvalue weighted by atomic mass is 32.1. The van der Waals surface area contributed by atoms with Crippen molar-refractivity contribution in [1.82, 2.24) is 0 Å². The Kier molecular flexibility index (Phi) is 2.56. The van der Waals surface area contributed by atoms with Crippen molar-refractivity contribution in [1.29, 1.82) is 0 Å². The van der Waals surface area contributed by atoms with Crippen LogP contribution in [0.25, 0.3) is 0 Å². The molecule has 4 heteroatoms. The predicted molar refractivity (Wildman–Crippen MR) is 58.2 cm³/mol. The molecule has 3 nitrogen and oxygen atoms in total. The minimum atomic E-state index is -1.00. The van der Waals surface area contributed by atoms with Crippen LogP contribution in [0.5, 0.6) is 0 Å². The van der Waals surface area contributed by atoms with Gasteiger partial charge in [-0.2, -0.15) is 0 Å². The van der Waals surface area contributed by atoms with Crippen LogP contribution in [-0.2, 0) is 9.53 Å². The van der Waals surface area contributed by atoms with E-state index in [2.05, 4.69) is 0 Å². The third kappa shape index (κ3) is 1.79. The van der Waals surface area contributed by atoms with Crippen molar-refractivity contribution in [3.63, 3.8) is 0 Å². The average Bonchev–Trinajstić information content (AvgIpc) is 2.73. The van der Waals surface area contributed by atoms with E-state index in [0.29, 0.717) is 6.42 Å². The SMILES string of the molecule is Cc1sccc1C1CCC(C)(C(=O)O)O1. The summed E-state index contributed by atoms with van der Waals surface area (Å²) in [5.41, 5.74) is 0.143. The second kappa shape index (κ2) is 3.61. The fraction of sp³-hybridized carbons (Fsp3) is 0.545. The molecule has 0 aliphatic carbocycles. The molecule has 1 saturated heterocycles. The maximum absolute atomic E-state index is 11.0. The van der Waals surface area contributed by atoms with Crippen molar-refractivity contribution in [3.05, 3.63) is 21.9 Å². The van der Waals surface area contributed by atoms with Crippen molar-refractivity contribution >= 4 is 17.3 Å². The Morgan fingerprint density at radius 3 is 2.93 bits per heavy atom. The Bertz CT molecular complexity index is 385. The van der Waals surface area contributed by atoms with Crippen molar-refractivity contribution in [3.8, 4) is 0 Å². The van der Waals surface area contributed by atoms with E-state index in [1.54, 1.807) is 18.3 Å². The Labute approximate surface area is 92.7 Å². The quantitative estimate of drug-likeness (QED) is 0.843. The minimum Gasteiger partial charge on any atom is -0.479 e. The molecule has 0 spiro atoms. The first-order chi connectivity index (χ1) is 7.03. The van der Waals surface area contributed by atoms with Gasteiger partial charge in [0.2, 0.25) is 0 Å². The lowest BCUT2D eigenvalue weighted by molar-refractivity contribution is -0.162. The van der Waals surface area contributed by atoms with Gasteiger partial charge in [0.25, 0.3) is 0 Å². The van der Waals surface area contributed by atoms with Crippen LogP contribution in [0.1, 0.15) is 36.3 Å². The van der Waals surface area contributed by atoms with E-state index in [-0.39, 0.29) is 6.10 Å². The normalized spacial score (nSPS) is 30.7. The van der Waals surface area contributed by atoms with Gasteiger partial charge in [0.15, 0.2) is 5.60 Å². The van der Waals surface area contributed by atoms with Crippen molar-refractivity contribution < 1.29 is 14.6 Å². The van der Waals surface area contributed by atoms with Crippen LogP contribution in [0.15, 0.2) is 11.4 Å². The predicted octanol–water partition coefficient (Wildman–Crippen LogP) is 2.75. The Balaban J connectivity index is 2.18. The molecule has 0 saturated carbocycles. The van der Waals surface area contributed by atoms with E-state index in [1.165, 1.54) is 4.88 Å². The zero-order valence-electron chi connectivity index (χ0n) is 8.82. The number of carboxylic acid groups (broad SMARTS) is 1. The molecule has 1 N–H and O–H groups in total. The summed E-state index contributed by atoms with van der Waals surface area (Å²) in [5, 5.41) is 11.1. The summed E-state index contributed by atoms with van der Waals surface area (Å²) in [6.45, 7) is 3.69. The number of aliphatic carboxylic acids is 1. The monoisotopic (exact) mass is 226 g/mol. The molecule has 1 aromatic heterocycles. The molecule has 2 atom stereocenters. The van der Waals surface area contributed by atoms with E-state index >= 15 is 0 Å². The first-order valence-corrected chi connectivity index (χ1v) is 5.86. The van der Waals surface area contributed by atoms with Crippen LogP contribution in [0.4, 0.5) is 0 Å². The van der Waals surface area contributed by atoms with Gasteiger partial charge in [-0.05, 0) is 43.7 Å². The van der Waals surface area contributed by atoms with Gasteiger partial charge in [0.05, 0.1) is 6.10 Å². The molecule has 15 heavy (non-hydrogen) atoms. The second-order valence-electron chi connectivity index (χ2n) is 4.11. The van der Waals surface area contributed by atoms with E-state index < -0.39 is 11.6 Å². The number of carboxylic acids is 1. The van der Waals surface area contributed by atoms with Crippen LogP contribution >= 0.6 is 11.3 Å². The maximum Gasteiger partial charge on any atom is 0.335 e. The van der Waals surface area contributed by atoms with Gasteiger partial charge < -0.3 is 9.84 Å². The largest absolute Gasteiger partial charge is 0.479 e. The summed E-state index contributed by atoms with van der Waals surface area (Å²) in [6.07, 6.45) is 1.33. The molecule has 1 fully saturated rings. The Hall–Kier alpha value is -0.870. The van der Waals surface area contributed by atoms with E-state index in [1.807, 2.05) is 18.4 Å². The summed E-state index contributed by atoms with van der Waals surface area (Å²) >= 11 is 1.67. The molecule has 0 radical (unpaired) electrons. The standard InChI is InChI=1S/C11H14O3S/c1-7-8(4-6-15-7)9-3-5-11(2,14-9)10(12)13/h4,6,9H,3,5H2,1-2H3,(H,12,13). The molecule has 2 rings (SSSR count). The van der Waals surface area contributed by atoms with Gasteiger partial charge in [-0.15, -0.1) is 11.3 Å². The summed E-state index contributed by atoms with van der Waals surface area (Å²) < 4.78 is 5.64. The summed E-state index contributed by atoms with van der Waals surface area (Å²) in [6, 6.07) is 2.03. The first kappa shape index (κ1) is 10.6. The van der Waals surface area contributed by atoms with Crippen LogP contribution in [0.3, 0.4) is 0 Å². The molecule has 1 aliphatic rings. The topological polar surface area (TPSA) is 46.5 Å². The van der Waals surface area contributed by atoms with E-state index in [4.69, 9.17) is 9.84 Å². The second-order valence-corrected chi connectivity index (χ2v) is 5.23. The number of rotatable bonds is 2. The summed E-state index contributed by atoms with van der Waals surface area (Å²) in [4.78, 5) is 12.2. The van der Waals surface area contributed by atoms with Gasteiger partial charge in [-0.3, -0.25) is 0 Å². The van der Waals surface area contributed by atoms with Crippen molar-refractivity contribution in [2.45, 2.75) is 38.4 Å². The zero-order chi connectivity index (χ0) is 11.1. The number of ether oxygens (including phenoxy) is 1. The van der Waals surface area contributed by atoms with E-state index in [9.17, 15) is 4.79 Å². The molecule has 0 amide bonds. The van der Waals surface area contributed by atoms with E-state index in [0.717, 1.165) is 12.0 Å².